The molecule has 0 radical (unpaired) electrons. The molecule has 0 aromatic heterocycles. The number of hydrogen-bond donors (Lipinski definition) is 1. The summed E-state index contributed by atoms with van der Waals surface area (Å²) in [6, 6.07) is 3.92. The van der Waals surface area contributed by atoms with E-state index in [0.29, 0.717) is 19.7 Å². The van der Waals surface area contributed by atoms with Gasteiger partial charge in [-0.05, 0) is 38.0 Å². The minimum atomic E-state index is -3.87. The van der Waals surface area contributed by atoms with Gasteiger partial charge in [0, 0.05) is 19.1 Å². The average molecular weight is 441 g/mol. The van der Waals surface area contributed by atoms with Crippen molar-refractivity contribution < 1.29 is 32.2 Å². The summed E-state index contributed by atoms with van der Waals surface area (Å²) >= 11 is 0. The van der Waals surface area contributed by atoms with Crippen molar-refractivity contribution in [3.63, 3.8) is 0 Å². The van der Waals surface area contributed by atoms with Gasteiger partial charge in [-0.15, -0.1) is 0 Å². The normalized spacial score (nSPS) is 20.2. The summed E-state index contributed by atoms with van der Waals surface area (Å²) in [6.07, 6.45) is 3.45. The summed E-state index contributed by atoms with van der Waals surface area (Å²) in [5.74, 6) is -0.956. The standard InChI is InChI=1S/C20H28N2O7S/c1-14-12-22(9-10-28-14)19(23)13-29-20(24)15-7-8-17(27-2)18(11-15)30(25,26)21-16-5-3-4-6-16/h7-8,11,14,16,21H,3-6,9-10,12-13H2,1-2H3. The molecule has 1 heterocycles. The number of benzene rings is 1. The summed E-state index contributed by atoms with van der Waals surface area (Å²) in [5.41, 5.74) is 0.0331. The third kappa shape index (κ3) is 5.50. The molecule has 2 aliphatic rings. The first-order valence-electron chi connectivity index (χ1n) is 10.1. The van der Waals surface area contributed by atoms with Crippen LogP contribution < -0.4 is 9.46 Å². The van der Waals surface area contributed by atoms with Gasteiger partial charge in [0.25, 0.3) is 5.91 Å². The van der Waals surface area contributed by atoms with Gasteiger partial charge in [0.05, 0.1) is 25.4 Å². The van der Waals surface area contributed by atoms with E-state index in [-0.39, 0.29) is 34.3 Å². The minimum absolute atomic E-state index is 0.0331. The molecule has 1 saturated carbocycles. The van der Waals surface area contributed by atoms with E-state index in [1.54, 1.807) is 4.90 Å². The van der Waals surface area contributed by atoms with Crippen LogP contribution in [-0.2, 0) is 24.3 Å². The number of carbonyl (C=O) groups excluding carboxylic acids is 2. The van der Waals surface area contributed by atoms with Gasteiger partial charge in [-0.2, -0.15) is 0 Å². The summed E-state index contributed by atoms with van der Waals surface area (Å²) in [5, 5.41) is 0. The Morgan fingerprint density at radius 2 is 2.00 bits per heavy atom. The molecule has 1 unspecified atom stereocenters. The number of ether oxygens (including phenoxy) is 3. The number of rotatable bonds is 7. The zero-order valence-electron chi connectivity index (χ0n) is 17.3. The van der Waals surface area contributed by atoms with Crippen molar-refractivity contribution in [1.29, 1.82) is 0 Å². The Bertz CT molecular complexity index is 881. The highest BCUT2D eigenvalue weighted by atomic mass is 32.2. The lowest BCUT2D eigenvalue weighted by atomic mass is 10.2. The highest BCUT2D eigenvalue weighted by molar-refractivity contribution is 7.89. The van der Waals surface area contributed by atoms with Crippen LogP contribution in [0.3, 0.4) is 0 Å². The fraction of sp³-hybridized carbons (Fsp3) is 0.600. The number of carbonyl (C=O) groups is 2. The average Bonchev–Trinajstić information content (AvgIpc) is 3.23. The molecule has 1 aromatic carbocycles. The predicted octanol–water partition coefficient (Wildman–Crippen LogP) is 1.32. The maximum Gasteiger partial charge on any atom is 0.338 e. The molecule has 2 fully saturated rings. The Kier molecular flexibility index (Phi) is 7.32. The quantitative estimate of drug-likeness (QED) is 0.637. The van der Waals surface area contributed by atoms with Crippen LogP contribution >= 0.6 is 0 Å². The number of methoxy groups -OCH3 is 1. The van der Waals surface area contributed by atoms with Crippen LogP contribution in [0.1, 0.15) is 43.0 Å². The Morgan fingerprint density at radius 1 is 1.27 bits per heavy atom. The van der Waals surface area contributed by atoms with Crippen molar-refractivity contribution in [2.45, 2.75) is 49.6 Å². The lowest BCUT2D eigenvalue weighted by Crippen LogP contribution is -2.46. The second-order valence-corrected chi connectivity index (χ2v) is 9.25. The van der Waals surface area contributed by atoms with Crippen LogP contribution in [-0.4, -0.2) is 70.8 Å². The minimum Gasteiger partial charge on any atom is -0.495 e. The first-order chi connectivity index (χ1) is 14.3. The van der Waals surface area contributed by atoms with Crippen molar-refractivity contribution in [3.05, 3.63) is 23.8 Å². The zero-order valence-corrected chi connectivity index (χ0v) is 18.1. The SMILES string of the molecule is COc1ccc(C(=O)OCC(=O)N2CCOC(C)C2)cc1S(=O)(=O)NC1CCCC1. The van der Waals surface area contributed by atoms with Gasteiger partial charge in [0.2, 0.25) is 10.0 Å². The molecule has 1 aliphatic carbocycles. The molecule has 9 nitrogen and oxygen atoms in total. The molecule has 3 rings (SSSR count). The van der Waals surface area contributed by atoms with E-state index in [9.17, 15) is 18.0 Å². The highest BCUT2D eigenvalue weighted by Gasteiger charge is 2.27. The lowest BCUT2D eigenvalue weighted by molar-refractivity contribution is -0.141. The van der Waals surface area contributed by atoms with Crippen molar-refractivity contribution >= 4 is 21.9 Å². The van der Waals surface area contributed by atoms with Gasteiger partial charge in [0.15, 0.2) is 6.61 Å². The van der Waals surface area contributed by atoms with Gasteiger partial charge < -0.3 is 19.1 Å². The van der Waals surface area contributed by atoms with Crippen molar-refractivity contribution in [1.82, 2.24) is 9.62 Å². The second-order valence-electron chi connectivity index (χ2n) is 7.57. The number of nitrogens with one attached hydrogen (secondary N) is 1. The Labute approximate surface area is 176 Å². The molecule has 0 bridgehead atoms. The largest absolute Gasteiger partial charge is 0.495 e. The monoisotopic (exact) mass is 440 g/mol. The smallest absolute Gasteiger partial charge is 0.338 e. The maximum absolute atomic E-state index is 12.8. The zero-order chi connectivity index (χ0) is 21.7. The van der Waals surface area contributed by atoms with Crippen LogP contribution in [0.15, 0.2) is 23.1 Å². The fourth-order valence-electron chi connectivity index (χ4n) is 3.69. The number of amides is 1. The second kappa shape index (κ2) is 9.76. The topological polar surface area (TPSA) is 111 Å². The van der Waals surface area contributed by atoms with Crippen LogP contribution in [0.25, 0.3) is 0 Å². The molecule has 0 spiro atoms. The fourth-order valence-corrected chi connectivity index (χ4v) is 5.19. The molecule has 30 heavy (non-hydrogen) atoms. The van der Waals surface area contributed by atoms with E-state index >= 15 is 0 Å². The van der Waals surface area contributed by atoms with Gasteiger partial charge in [-0.1, -0.05) is 12.8 Å². The molecule has 1 aliphatic heterocycles. The van der Waals surface area contributed by atoms with Gasteiger partial charge in [-0.3, -0.25) is 4.79 Å². The van der Waals surface area contributed by atoms with Crippen molar-refractivity contribution in [2.24, 2.45) is 0 Å². The highest BCUT2D eigenvalue weighted by Crippen LogP contribution is 2.27. The van der Waals surface area contributed by atoms with Crippen molar-refractivity contribution in [2.75, 3.05) is 33.4 Å². The summed E-state index contributed by atoms with van der Waals surface area (Å²) in [7, 11) is -2.50. The first kappa shape index (κ1) is 22.5. The van der Waals surface area contributed by atoms with Crippen molar-refractivity contribution in [3.8, 4) is 5.75 Å². The van der Waals surface area contributed by atoms with E-state index in [0.717, 1.165) is 25.7 Å². The molecule has 1 amide bonds. The van der Waals surface area contributed by atoms with E-state index < -0.39 is 22.6 Å². The Morgan fingerprint density at radius 3 is 2.67 bits per heavy atom. The lowest BCUT2D eigenvalue weighted by Gasteiger charge is -2.30. The maximum atomic E-state index is 12.8. The van der Waals surface area contributed by atoms with E-state index in [2.05, 4.69) is 4.72 Å². The van der Waals surface area contributed by atoms with Crippen LogP contribution in [0.4, 0.5) is 0 Å². The molecule has 1 N–H and O–H groups in total. The van der Waals surface area contributed by atoms with Crippen LogP contribution in [0.2, 0.25) is 0 Å². The third-order valence-electron chi connectivity index (χ3n) is 5.29. The molecule has 1 atom stereocenters. The molecule has 1 saturated heterocycles. The molecule has 1 aromatic rings. The number of hydrogen-bond acceptors (Lipinski definition) is 7. The van der Waals surface area contributed by atoms with E-state index in [4.69, 9.17) is 14.2 Å². The molecular weight excluding hydrogens is 412 g/mol. The van der Waals surface area contributed by atoms with Crippen LogP contribution in [0.5, 0.6) is 5.75 Å². The summed E-state index contributed by atoms with van der Waals surface area (Å²) < 4.78 is 44.0. The number of morpholine rings is 1. The number of nitrogens with zero attached hydrogens (tertiary/aromatic N) is 1. The van der Waals surface area contributed by atoms with Gasteiger partial charge in [0.1, 0.15) is 10.6 Å². The van der Waals surface area contributed by atoms with E-state index in [1.165, 1.54) is 25.3 Å². The van der Waals surface area contributed by atoms with Gasteiger partial charge in [-0.25, -0.2) is 17.9 Å². The number of sulfonamides is 1. The predicted molar refractivity (Wildman–Crippen MR) is 108 cm³/mol. The first-order valence-corrected chi connectivity index (χ1v) is 11.6. The summed E-state index contributed by atoms with van der Waals surface area (Å²) in [6.45, 7) is 2.77. The Balaban J connectivity index is 1.68. The molecule has 166 valence electrons. The number of esters is 1. The Hall–Kier alpha value is -2.17. The molecular formula is C20H28N2O7S. The van der Waals surface area contributed by atoms with Crippen LogP contribution in [0, 0.1) is 0 Å². The van der Waals surface area contributed by atoms with E-state index in [1.807, 2.05) is 6.92 Å². The summed E-state index contributed by atoms with van der Waals surface area (Å²) in [4.78, 5) is 26.2. The third-order valence-corrected chi connectivity index (χ3v) is 6.83. The van der Waals surface area contributed by atoms with Gasteiger partial charge >= 0.3 is 5.97 Å². The molecule has 10 heteroatoms.